The van der Waals surface area contributed by atoms with Crippen molar-refractivity contribution in [2.75, 3.05) is 6.26 Å². The Labute approximate surface area is 94.0 Å². The lowest BCUT2D eigenvalue weighted by Crippen LogP contribution is -2.12. The highest BCUT2D eigenvalue weighted by molar-refractivity contribution is 7.98. The zero-order valence-corrected chi connectivity index (χ0v) is 10.2. The van der Waals surface area contributed by atoms with Gasteiger partial charge >= 0.3 is 0 Å². The first-order valence-corrected chi connectivity index (χ1v) is 5.91. The monoisotopic (exact) mass is 225 g/mol. The van der Waals surface area contributed by atoms with Crippen molar-refractivity contribution in [3.63, 3.8) is 0 Å². The number of nitro benzene ring substituents is 1. The SMILES string of the molecule is CSc1ccc([N+](=O)[O-])cc1C(C)(C)C. The van der Waals surface area contributed by atoms with Gasteiger partial charge in [-0.2, -0.15) is 0 Å². The van der Waals surface area contributed by atoms with E-state index in [1.54, 1.807) is 23.9 Å². The van der Waals surface area contributed by atoms with Crippen LogP contribution in [0.3, 0.4) is 0 Å². The summed E-state index contributed by atoms with van der Waals surface area (Å²) >= 11 is 1.62. The molecule has 3 nitrogen and oxygen atoms in total. The first-order chi connectivity index (χ1) is 6.86. The molecule has 82 valence electrons. The number of non-ortho nitro benzene ring substituents is 1. The summed E-state index contributed by atoms with van der Waals surface area (Å²) in [4.78, 5) is 11.4. The summed E-state index contributed by atoms with van der Waals surface area (Å²) in [6, 6.07) is 5.05. The standard InChI is InChI=1S/C11H15NO2S/c1-11(2,3)9-7-8(12(13)14)5-6-10(9)15-4/h5-7H,1-4H3. The van der Waals surface area contributed by atoms with Gasteiger partial charge in [0.05, 0.1) is 4.92 Å². The van der Waals surface area contributed by atoms with Gasteiger partial charge in [-0.3, -0.25) is 10.1 Å². The Morgan fingerprint density at radius 1 is 1.33 bits per heavy atom. The van der Waals surface area contributed by atoms with E-state index in [1.807, 2.05) is 12.3 Å². The lowest BCUT2D eigenvalue weighted by atomic mass is 9.87. The van der Waals surface area contributed by atoms with Gasteiger partial charge in [0.2, 0.25) is 0 Å². The minimum absolute atomic E-state index is 0.0651. The molecule has 0 aromatic heterocycles. The van der Waals surface area contributed by atoms with Gasteiger partial charge < -0.3 is 0 Å². The molecule has 4 heteroatoms. The average Bonchev–Trinajstić information content (AvgIpc) is 2.15. The van der Waals surface area contributed by atoms with Gasteiger partial charge in [-0.05, 0) is 23.3 Å². The summed E-state index contributed by atoms with van der Waals surface area (Å²) in [5, 5.41) is 10.7. The first-order valence-electron chi connectivity index (χ1n) is 4.69. The molecule has 0 atom stereocenters. The van der Waals surface area contributed by atoms with E-state index in [4.69, 9.17) is 0 Å². The third-order valence-electron chi connectivity index (χ3n) is 2.20. The van der Waals surface area contributed by atoms with Gasteiger partial charge in [0, 0.05) is 17.0 Å². The summed E-state index contributed by atoms with van der Waals surface area (Å²) in [5.41, 5.74) is 1.13. The number of nitrogens with zero attached hydrogens (tertiary/aromatic N) is 1. The molecule has 0 spiro atoms. The molecule has 0 saturated carbocycles. The molecule has 0 aliphatic heterocycles. The van der Waals surface area contributed by atoms with Crippen LogP contribution in [0, 0.1) is 10.1 Å². The van der Waals surface area contributed by atoms with Crippen LogP contribution in [-0.2, 0) is 5.41 Å². The van der Waals surface area contributed by atoms with Crippen LogP contribution in [0.15, 0.2) is 23.1 Å². The summed E-state index contributed by atoms with van der Waals surface area (Å²) in [5.74, 6) is 0. The molecule has 15 heavy (non-hydrogen) atoms. The maximum atomic E-state index is 10.7. The molecule has 0 saturated heterocycles. The second kappa shape index (κ2) is 4.23. The molecule has 1 aromatic rings. The van der Waals surface area contributed by atoms with Crippen LogP contribution in [0.2, 0.25) is 0 Å². The van der Waals surface area contributed by atoms with Crippen LogP contribution in [0.1, 0.15) is 26.3 Å². The Bertz CT molecular complexity index is 383. The molecular weight excluding hydrogens is 210 g/mol. The van der Waals surface area contributed by atoms with Crippen LogP contribution in [0.4, 0.5) is 5.69 Å². The predicted molar refractivity (Wildman–Crippen MR) is 63.6 cm³/mol. The molecule has 0 aliphatic carbocycles. The summed E-state index contributed by atoms with van der Waals surface area (Å²) in [7, 11) is 0. The Balaban J connectivity index is 3.32. The zero-order chi connectivity index (χ0) is 11.6. The van der Waals surface area contributed by atoms with Gasteiger partial charge in [0.25, 0.3) is 5.69 Å². The van der Waals surface area contributed by atoms with Crippen molar-refractivity contribution in [1.82, 2.24) is 0 Å². The molecule has 0 unspecified atom stereocenters. The number of hydrogen-bond acceptors (Lipinski definition) is 3. The van der Waals surface area contributed by atoms with E-state index in [2.05, 4.69) is 20.8 Å². The Morgan fingerprint density at radius 3 is 2.33 bits per heavy atom. The van der Waals surface area contributed by atoms with Crippen molar-refractivity contribution in [1.29, 1.82) is 0 Å². The molecular formula is C11H15NO2S. The van der Waals surface area contributed by atoms with E-state index in [9.17, 15) is 10.1 Å². The Morgan fingerprint density at radius 2 is 1.93 bits per heavy atom. The van der Waals surface area contributed by atoms with Crippen LogP contribution in [-0.4, -0.2) is 11.2 Å². The molecule has 0 heterocycles. The normalized spacial score (nSPS) is 11.5. The van der Waals surface area contributed by atoms with Gasteiger partial charge in [-0.15, -0.1) is 11.8 Å². The van der Waals surface area contributed by atoms with E-state index in [-0.39, 0.29) is 16.0 Å². The van der Waals surface area contributed by atoms with E-state index in [0.29, 0.717) is 0 Å². The number of nitro groups is 1. The van der Waals surface area contributed by atoms with Crippen molar-refractivity contribution in [2.24, 2.45) is 0 Å². The quantitative estimate of drug-likeness (QED) is 0.438. The average molecular weight is 225 g/mol. The summed E-state index contributed by atoms with van der Waals surface area (Å²) < 4.78 is 0. The highest BCUT2D eigenvalue weighted by atomic mass is 32.2. The largest absolute Gasteiger partial charge is 0.269 e. The van der Waals surface area contributed by atoms with E-state index < -0.39 is 0 Å². The predicted octanol–water partition coefficient (Wildman–Crippen LogP) is 3.61. The molecule has 0 bridgehead atoms. The van der Waals surface area contributed by atoms with Crippen molar-refractivity contribution >= 4 is 17.4 Å². The molecule has 1 rings (SSSR count). The molecule has 0 aliphatic rings. The minimum Gasteiger partial charge on any atom is -0.258 e. The zero-order valence-electron chi connectivity index (χ0n) is 9.40. The smallest absolute Gasteiger partial charge is 0.258 e. The van der Waals surface area contributed by atoms with Crippen molar-refractivity contribution in [3.05, 3.63) is 33.9 Å². The van der Waals surface area contributed by atoms with Crippen LogP contribution < -0.4 is 0 Å². The number of thioether (sulfide) groups is 1. The first kappa shape index (κ1) is 12.0. The lowest BCUT2D eigenvalue weighted by Gasteiger charge is -2.21. The molecule has 0 amide bonds. The third kappa shape index (κ3) is 2.72. The van der Waals surface area contributed by atoms with Gasteiger partial charge in [-0.25, -0.2) is 0 Å². The fourth-order valence-corrected chi connectivity index (χ4v) is 2.18. The van der Waals surface area contributed by atoms with Gasteiger partial charge in [0.15, 0.2) is 0 Å². The highest BCUT2D eigenvalue weighted by Crippen LogP contribution is 2.33. The van der Waals surface area contributed by atoms with Crippen LogP contribution in [0.25, 0.3) is 0 Å². The molecule has 0 fully saturated rings. The number of benzene rings is 1. The maximum absolute atomic E-state index is 10.7. The van der Waals surface area contributed by atoms with E-state index >= 15 is 0 Å². The van der Waals surface area contributed by atoms with Crippen molar-refractivity contribution in [3.8, 4) is 0 Å². The Kier molecular flexibility index (Phi) is 3.39. The molecule has 1 aromatic carbocycles. The van der Waals surface area contributed by atoms with E-state index in [0.717, 1.165) is 10.5 Å². The number of hydrogen-bond donors (Lipinski definition) is 0. The fraction of sp³-hybridized carbons (Fsp3) is 0.455. The second-order valence-electron chi connectivity index (χ2n) is 4.39. The highest BCUT2D eigenvalue weighted by Gasteiger charge is 2.20. The fourth-order valence-electron chi connectivity index (χ4n) is 1.40. The second-order valence-corrected chi connectivity index (χ2v) is 5.24. The molecule has 0 radical (unpaired) electrons. The topological polar surface area (TPSA) is 43.1 Å². The van der Waals surface area contributed by atoms with Crippen molar-refractivity contribution < 1.29 is 4.92 Å². The summed E-state index contributed by atoms with van der Waals surface area (Å²) in [6.07, 6.45) is 1.98. The van der Waals surface area contributed by atoms with Crippen molar-refractivity contribution in [2.45, 2.75) is 31.1 Å². The molecule has 0 N–H and O–H groups in total. The van der Waals surface area contributed by atoms with Gasteiger partial charge in [0.1, 0.15) is 0 Å². The van der Waals surface area contributed by atoms with Gasteiger partial charge in [-0.1, -0.05) is 20.8 Å². The van der Waals surface area contributed by atoms with Crippen LogP contribution >= 0.6 is 11.8 Å². The van der Waals surface area contributed by atoms with Crippen LogP contribution in [0.5, 0.6) is 0 Å². The third-order valence-corrected chi connectivity index (χ3v) is 3.00. The van der Waals surface area contributed by atoms with E-state index in [1.165, 1.54) is 0 Å². The minimum atomic E-state index is -0.348. The number of rotatable bonds is 2. The lowest BCUT2D eigenvalue weighted by molar-refractivity contribution is -0.385. The maximum Gasteiger partial charge on any atom is 0.269 e. The summed E-state index contributed by atoms with van der Waals surface area (Å²) in [6.45, 7) is 6.18. The Hall–Kier alpha value is -1.03.